The highest BCUT2D eigenvalue weighted by molar-refractivity contribution is 5.56. The van der Waals surface area contributed by atoms with Crippen LogP contribution < -0.4 is 19.5 Å². The van der Waals surface area contributed by atoms with Crippen LogP contribution in [0.3, 0.4) is 0 Å². The van der Waals surface area contributed by atoms with E-state index < -0.39 is 0 Å². The van der Waals surface area contributed by atoms with Crippen LogP contribution in [0.5, 0.6) is 17.2 Å². The van der Waals surface area contributed by atoms with Crippen molar-refractivity contribution in [3.63, 3.8) is 0 Å². The maximum Gasteiger partial charge on any atom is 0.161 e. The van der Waals surface area contributed by atoms with Gasteiger partial charge in [-0.25, -0.2) is 0 Å². The fraction of sp³-hybridized carbons (Fsp3) is 0.333. The number of anilines is 1. The molecule has 22 heavy (non-hydrogen) atoms. The number of hydrogen-bond donors (Lipinski definition) is 1. The van der Waals surface area contributed by atoms with Crippen molar-refractivity contribution in [2.24, 2.45) is 0 Å². The summed E-state index contributed by atoms with van der Waals surface area (Å²) in [5, 5.41) is 3.37. The molecule has 1 N–H and O–H groups in total. The summed E-state index contributed by atoms with van der Waals surface area (Å²) in [4.78, 5) is 0. The lowest BCUT2D eigenvalue weighted by atomic mass is 10.2. The highest BCUT2D eigenvalue weighted by Crippen LogP contribution is 2.29. The predicted octanol–water partition coefficient (Wildman–Crippen LogP) is 4.10. The molecule has 0 aliphatic carbocycles. The van der Waals surface area contributed by atoms with E-state index in [-0.39, 0.29) is 0 Å². The smallest absolute Gasteiger partial charge is 0.161 e. The van der Waals surface area contributed by atoms with Crippen LogP contribution >= 0.6 is 0 Å². The van der Waals surface area contributed by atoms with Crippen molar-refractivity contribution >= 4 is 5.69 Å². The van der Waals surface area contributed by atoms with Crippen LogP contribution in [-0.4, -0.2) is 20.8 Å². The summed E-state index contributed by atoms with van der Waals surface area (Å²) in [6.07, 6.45) is 0.972. The Morgan fingerprint density at radius 3 is 2.41 bits per heavy atom. The zero-order valence-electron chi connectivity index (χ0n) is 13.4. The summed E-state index contributed by atoms with van der Waals surface area (Å²) >= 11 is 0. The molecule has 0 saturated heterocycles. The Morgan fingerprint density at radius 1 is 0.909 bits per heavy atom. The van der Waals surface area contributed by atoms with E-state index in [1.165, 1.54) is 0 Å². The Labute approximate surface area is 132 Å². The molecule has 0 radical (unpaired) electrons. The number of rotatable bonds is 8. The van der Waals surface area contributed by atoms with Crippen LogP contribution in [0, 0.1) is 0 Å². The molecule has 2 rings (SSSR count). The van der Waals surface area contributed by atoms with Crippen molar-refractivity contribution < 1.29 is 14.2 Å². The first-order valence-electron chi connectivity index (χ1n) is 7.45. The molecule has 0 saturated carbocycles. The first-order valence-corrected chi connectivity index (χ1v) is 7.45. The van der Waals surface area contributed by atoms with E-state index >= 15 is 0 Å². The maximum atomic E-state index is 5.67. The molecule has 4 nitrogen and oxygen atoms in total. The first kappa shape index (κ1) is 16.0. The van der Waals surface area contributed by atoms with Crippen molar-refractivity contribution in [2.45, 2.75) is 19.9 Å². The van der Waals surface area contributed by atoms with Gasteiger partial charge in [0.2, 0.25) is 0 Å². The predicted molar refractivity (Wildman–Crippen MR) is 89.1 cm³/mol. The van der Waals surface area contributed by atoms with Crippen molar-refractivity contribution in [1.29, 1.82) is 0 Å². The van der Waals surface area contributed by atoms with Crippen LogP contribution in [-0.2, 0) is 6.54 Å². The summed E-state index contributed by atoms with van der Waals surface area (Å²) in [5.41, 5.74) is 2.09. The van der Waals surface area contributed by atoms with Crippen molar-refractivity contribution in [3.05, 3.63) is 48.0 Å². The topological polar surface area (TPSA) is 39.7 Å². The van der Waals surface area contributed by atoms with Crippen LogP contribution in [0.25, 0.3) is 0 Å². The molecule has 0 atom stereocenters. The van der Waals surface area contributed by atoms with Gasteiger partial charge in [0.25, 0.3) is 0 Å². The third-order valence-electron chi connectivity index (χ3n) is 3.28. The summed E-state index contributed by atoms with van der Waals surface area (Å²) in [5.74, 6) is 2.37. The number of benzene rings is 2. The van der Waals surface area contributed by atoms with Crippen LogP contribution in [0.2, 0.25) is 0 Å². The molecule has 0 aliphatic heterocycles. The summed E-state index contributed by atoms with van der Waals surface area (Å²) in [7, 11) is 3.33. The lowest BCUT2D eigenvalue weighted by molar-refractivity contribution is 0.294. The van der Waals surface area contributed by atoms with Gasteiger partial charge in [-0.2, -0.15) is 0 Å². The van der Waals surface area contributed by atoms with E-state index in [2.05, 4.69) is 12.2 Å². The first-order chi connectivity index (χ1) is 10.8. The molecule has 0 aliphatic rings. The Kier molecular flexibility index (Phi) is 5.95. The van der Waals surface area contributed by atoms with Crippen LogP contribution in [0.4, 0.5) is 5.69 Å². The molecule has 0 bridgehead atoms. The molecule has 0 heterocycles. The molecule has 118 valence electrons. The van der Waals surface area contributed by atoms with Gasteiger partial charge in [0.05, 0.1) is 26.5 Å². The van der Waals surface area contributed by atoms with Crippen molar-refractivity contribution in [1.82, 2.24) is 0 Å². The van der Waals surface area contributed by atoms with Gasteiger partial charge in [0, 0.05) is 6.54 Å². The normalized spacial score (nSPS) is 10.1. The van der Waals surface area contributed by atoms with Crippen molar-refractivity contribution in [3.8, 4) is 17.2 Å². The Hall–Kier alpha value is -2.36. The van der Waals surface area contributed by atoms with Gasteiger partial charge in [-0.15, -0.1) is 0 Å². The lowest BCUT2D eigenvalue weighted by Gasteiger charge is -2.13. The average molecular weight is 301 g/mol. The van der Waals surface area contributed by atoms with Gasteiger partial charge in [-0.1, -0.05) is 25.1 Å². The minimum atomic E-state index is 0.685. The van der Waals surface area contributed by atoms with E-state index in [0.29, 0.717) is 13.2 Å². The summed E-state index contributed by atoms with van der Waals surface area (Å²) in [6.45, 7) is 3.46. The minimum Gasteiger partial charge on any atom is -0.495 e. The Morgan fingerprint density at radius 2 is 1.68 bits per heavy atom. The number of hydrogen-bond acceptors (Lipinski definition) is 4. The molecule has 0 fully saturated rings. The molecule has 2 aromatic rings. The third-order valence-corrected chi connectivity index (χ3v) is 3.28. The molecule has 0 amide bonds. The summed E-state index contributed by atoms with van der Waals surface area (Å²) < 4.78 is 16.4. The van der Waals surface area contributed by atoms with E-state index in [1.54, 1.807) is 14.2 Å². The molecule has 4 heteroatoms. The Bertz CT molecular complexity index is 599. The molecular weight excluding hydrogens is 278 g/mol. The van der Waals surface area contributed by atoms with Crippen LogP contribution in [0.1, 0.15) is 18.9 Å². The highest BCUT2D eigenvalue weighted by atomic mass is 16.5. The number of methoxy groups -OCH3 is 2. The maximum absolute atomic E-state index is 5.67. The number of para-hydroxylation sites is 2. The zero-order valence-corrected chi connectivity index (χ0v) is 13.4. The lowest BCUT2D eigenvalue weighted by Crippen LogP contribution is -2.03. The second-order valence-electron chi connectivity index (χ2n) is 4.89. The van der Waals surface area contributed by atoms with E-state index in [9.17, 15) is 0 Å². The van der Waals surface area contributed by atoms with Gasteiger partial charge < -0.3 is 19.5 Å². The number of ether oxygens (including phenoxy) is 3. The molecule has 0 spiro atoms. The minimum absolute atomic E-state index is 0.685. The van der Waals surface area contributed by atoms with E-state index in [1.807, 2.05) is 42.5 Å². The molecule has 2 aromatic carbocycles. The third kappa shape index (κ3) is 4.07. The van der Waals surface area contributed by atoms with Crippen molar-refractivity contribution in [2.75, 3.05) is 26.1 Å². The van der Waals surface area contributed by atoms with E-state index in [4.69, 9.17) is 14.2 Å². The van der Waals surface area contributed by atoms with Gasteiger partial charge in [0.1, 0.15) is 5.75 Å². The average Bonchev–Trinajstić information content (AvgIpc) is 2.58. The van der Waals surface area contributed by atoms with Gasteiger partial charge in [-0.3, -0.25) is 0 Å². The number of nitrogens with one attached hydrogen (secondary N) is 1. The molecule has 0 unspecified atom stereocenters. The SMILES string of the molecule is CCCOc1ccc(CNc2ccccc2OC)cc1OC. The van der Waals surface area contributed by atoms with E-state index in [0.717, 1.165) is 34.9 Å². The standard InChI is InChI=1S/C18H23NO3/c1-4-11-22-17-10-9-14(12-18(17)21-3)13-19-15-7-5-6-8-16(15)20-2/h5-10,12,19H,4,11,13H2,1-3H3. The summed E-state index contributed by atoms with van der Waals surface area (Å²) in [6, 6.07) is 13.8. The monoisotopic (exact) mass is 301 g/mol. The fourth-order valence-corrected chi connectivity index (χ4v) is 2.14. The molecule has 0 aromatic heterocycles. The largest absolute Gasteiger partial charge is 0.495 e. The Balaban J connectivity index is 2.06. The van der Waals surface area contributed by atoms with Gasteiger partial charge >= 0.3 is 0 Å². The second kappa shape index (κ2) is 8.17. The van der Waals surface area contributed by atoms with Gasteiger partial charge in [-0.05, 0) is 36.2 Å². The quantitative estimate of drug-likeness (QED) is 0.796. The zero-order chi connectivity index (χ0) is 15.8. The van der Waals surface area contributed by atoms with Gasteiger partial charge in [0.15, 0.2) is 11.5 Å². The fourth-order valence-electron chi connectivity index (χ4n) is 2.14. The second-order valence-corrected chi connectivity index (χ2v) is 4.89. The van der Waals surface area contributed by atoms with Crippen LogP contribution in [0.15, 0.2) is 42.5 Å². The highest BCUT2D eigenvalue weighted by Gasteiger charge is 2.06. The molecular formula is C18H23NO3.